The standard InChI is InChI=1S/C14H14BNO6S2/c1-23(18,19)12-3-2-4-13(8-12)24(20,21)16-11-6-5-10-9-22-15(17)14(10)7-11/h2-8,16-17H,9H2,1H3. The monoisotopic (exact) mass is 367 g/mol. The molecule has 2 aromatic rings. The highest BCUT2D eigenvalue weighted by atomic mass is 32.2. The smallest absolute Gasteiger partial charge is 0.423 e. The van der Waals surface area contributed by atoms with Crippen LogP contribution >= 0.6 is 0 Å². The molecule has 24 heavy (non-hydrogen) atoms. The van der Waals surface area contributed by atoms with Crippen molar-refractivity contribution in [2.75, 3.05) is 11.0 Å². The van der Waals surface area contributed by atoms with E-state index in [0.717, 1.165) is 17.9 Å². The molecule has 2 N–H and O–H groups in total. The molecule has 0 bridgehead atoms. The van der Waals surface area contributed by atoms with Gasteiger partial charge < -0.3 is 9.68 Å². The number of nitrogens with one attached hydrogen (secondary N) is 1. The van der Waals surface area contributed by atoms with Gasteiger partial charge in [-0.3, -0.25) is 4.72 Å². The third kappa shape index (κ3) is 3.31. The third-order valence-electron chi connectivity index (χ3n) is 3.60. The van der Waals surface area contributed by atoms with Crippen LogP contribution in [0.2, 0.25) is 0 Å². The lowest BCUT2D eigenvalue weighted by atomic mass is 9.79. The predicted molar refractivity (Wildman–Crippen MR) is 89.2 cm³/mol. The molecule has 0 saturated heterocycles. The van der Waals surface area contributed by atoms with E-state index >= 15 is 0 Å². The highest BCUT2D eigenvalue weighted by Gasteiger charge is 2.28. The summed E-state index contributed by atoms with van der Waals surface area (Å²) in [7, 11) is -8.57. The van der Waals surface area contributed by atoms with Crippen LogP contribution in [0, 0.1) is 0 Å². The van der Waals surface area contributed by atoms with Crippen LogP contribution in [0.1, 0.15) is 5.56 Å². The van der Waals surface area contributed by atoms with Crippen LogP contribution in [0.15, 0.2) is 52.3 Å². The van der Waals surface area contributed by atoms with Crippen LogP contribution in [0.25, 0.3) is 0 Å². The first-order valence-electron chi connectivity index (χ1n) is 6.92. The summed E-state index contributed by atoms with van der Waals surface area (Å²) in [5.74, 6) is 0. The Morgan fingerprint density at radius 2 is 1.79 bits per heavy atom. The summed E-state index contributed by atoms with van der Waals surface area (Å²) in [6, 6.07) is 9.81. The van der Waals surface area contributed by atoms with E-state index in [1.54, 1.807) is 12.1 Å². The minimum absolute atomic E-state index is 0.0804. The summed E-state index contributed by atoms with van der Waals surface area (Å²) in [6.07, 6.45) is 1.01. The van der Waals surface area contributed by atoms with Gasteiger partial charge in [0.25, 0.3) is 10.0 Å². The van der Waals surface area contributed by atoms with Gasteiger partial charge in [0, 0.05) is 11.9 Å². The molecule has 0 aromatic heterocycles. The van der Waals surface area contributed by atoms with Crippen molar-refractivity contribution in [3.63, 3.8) is 0 Å². The van der Waals surface area contributed by atoms with Crippen molar-refractivity contribution in [3.8, 4) is 0 Å². The molecule has 0 saturated carbocycles. The predicted octanol–water partition coefficient (Wildman–Crippen LogP) is 0.109. The lowest BCUT2D eigenvalue weighted by molar-refractivity contribution is 0.275. The Labute approximate surface area is 140 Å². The van der Waals surface area contributed by atoms with E-state index in [-0.39, 0.29) is 22.1 Å². The summed E-state index contributed by atoms with van der Waals surface area (Å²) >= 11 is 0. The Balaban J connectivity index is 1.94. The number of hydrogen-bond donors (Lipinski definition) is 2. The molecular formula is C14H14BNO6S2. The van der Waals surface area contributed by atoms with Crippen LogP contribution in [0.3, 0.4) is 0 Å². The first-order valence-corrected chi connectivity index (χ1v) is 10.3. The molecule has 3 rings (SSSR count). The van der Waals surface area contributed by atoms with Crippen LogP contribution in [0.4, 0.5) is 5.69 Å². The zero-order valence-corrected chi connectivity index (χ0v) is 14.3. The average Bonchev–Trinajstić information content (AvgIpc) is 2.87. The van der Waals surface area contributed by atoms with Gasteiger partial charge in [0.1, 0.15) is 0 Å². The molecule has 126 valence electrons. The fourth-order valence-electron chi connectivity index (χ4n) is 2.36. The van der Waals surface area contributed by atoms with Gasteiger partial charge in [-0.05, 0) is 41.4 Å². The Bertz CT molecular complexity index is 1000. The van der Waals surface area contributed by atoms with Gasteiger partial charge in [0.05, 0.1) is 16.4 Å². The second kappa shape index (κ2) is 5.89. The van der Waals surface area contributed by atoms with Crippen LogP contribution < -0.4 is 10.2 Å². The van der Waals surface area contributed by atoms with Crippen molar-refractivity contribution >= 4 is 38.1 Å². The lowest BCUT2D eigenvalue weighted by Crippen LogP contribution is -2.28. The Morgan fingerprint density at radius 1 is 1.08 bits per heavy atom. The van der Waals surface area contributed by atoms with Gasteiger partial charge in [-0.25, -0.2) is 16.8 Å². The zero-order valence-electron chi connectivity index (χ0n) is 12.6. The largest absolute Gasteiger partial charge is 0.491 e. The van der Waals surface area contributed by atoms with Gasteiger partial charge in [-0.15, -0.1) is 0 Å². The van der Waals surface area contributed by atoms with Gasteiger partial charge in [-0.2, -0.15) is 0 Å². The average molecular weight is 367 g/mol. The van der Waals surface area contributed by atoms with Crippen molar-refractivity contribution < 1.29 is 26.5 Å². The molecule has 0 amide bonds. The summed E-state index contributed by atoms with van der Waals surface area (Å²) in [5.41, 5.74) is 1.53. The maximum absolute atomic E-state index is 12.5. The molecular weight excluding hydrogens is 353 g/mol. The van der Waals surface area contributed by atoms with E-state index in [4.69, 9.17) is 4.65 Å². The minimum Gasteiger partial charge on any atom is -0.423 e. The normalized spacial score (nSPS) is 14.5. The summed E-state index contributed by atoms with van der Waals surface area (Å²) < 4.78 is 55.5. The summed E-state index contributed by atoms with van der Waals surface area (Å²) in [6.45, 7) is 0.264. The van der Waals surface area contributed by atoms with E-state index in [1.165, 1.54) is 24.3 Å². The number of rotatable bonds is 4. The Kier molecular flexibility index (Phi) is 4.16. The quantitative estimate of drug-likeness (QED) is 0.743. The third-order valence-corrected chi connectivity index (χ3v) is 6.09. The topological polar surface area (TPSA) is 110 Å². The van der Waals surface area contributed by atoms with E-state index in [0.29, 0.717) is 5.46 Å². The minimum atomic E-state index is -3.97. The fourth-order valence-corrected chi connectivity index (χ4v) is 4.20. The molecule has 0 fully saturated rings. The highest BCUT2D eigenvalue weighted by molar-refractivity contribution is 7.93. The second-order valence-corrected chi connectivity index (χ2v) is 9.13. The molecule has 1 aliphatic heterocycles. The van der Waals surface area contributed by atoms with E-state index in [2.05, 4.69) is 4.72 Å². The Hall–Kier alpha value is -1.88. The maximum atomic E-state index is 12.5. The molecule has 2 aromatic carbocycles. The molecule has 1 aliphatic rings. The number of fused-ring (bicyclic) bond motifs is 1. The van der Waals surface area contributed by atoms with Crippen molar-refractivity contribution in [1.29, 1.82) is 0 Å². The molecule has 0 radical (unpaired) electrons. The molecule has 0 unspecified atom stereocenters. The molecule has 1 heterocycles. The first-order chi connectivity index (χ1) is 11.2. The van der Waals surface area contributed by atoms with E-state index in [1.807, 2.05) is 0 Å². The lowest BCUT2D eigenvalue weighted by Gasteiger charge is -2.10. The van der Waals surface area contributed by atoms with E-state index in [9.17, 15) is 21.9 Å². The Morgan fingerprint density at radius 3 is 2.50 bits per heavy atom. The SMILES string of the molecule is CS(=O)(=O)c1cccc(S(=O)(=O)Nc2ccc3c(c2)B(O)OC3)c1. The summed E-state index contributed by atoms with van der Waals surface area (Å²) in [4.78, 5) is -0.245. The molecule has 0 spiro atoms. The first kappa shape index (κ1) is 17.0. The molecule has 0 aliphatic carbocycles. The van der Waals surface area contributed by atoms with Gasteiger partial charge >= 0.3 is 7.12 Å². The van der Waals surface area contributed by atoms with Crippen molar-refractivity contribution in [1.82, 2.24) is 0 Å². The molecule has 10 heteroatoms. The molecule has 7 nitrogen and oxygen atoms in total. The number of sulfonamides is 1. The fraction of sp³-hybridized carbons (Fsp3) is 0.143. The molecule has 0 atom stereocenters. The highest BCUT2D eigenvalue weighted by Crippen LogP contribution is 2.20. The second-order valence-electron chi connectivity index (χ2n) is 5.43. The number of benzene rings is 2. The van der Waals surface area contributed by atoms with Crippen LogP contribution in [0.5, 0.6) is 0 Å². The van der Waals surface area contributed by atoms with Gasteiger partial charge in [0.2, 0.25) is 0 Å². The van der Waals surface area contributed by atoms with Crippen molar-refractivity contribution in [2.45, 2.75) is 16.4 Å². The van der Waals surface area contributed by atoms with Crippen molar-refractivity contribution in [3.05, 3.63) is 48.0 Å². The number of sulfone groups is 1. The zero-order chi connectivity index (χ0) is 17.5. The van der Waals surface area contributed by atoms with Crippen LogP contribution in [-0.2, 0) is 31.1 Å². The number of hydrogen-bond acceptors (Lipinski definition) is 6. The van der Waals surface area contributed by atoms with Gasteiger partial charge in [0.15, 0.2) is 9.84 Å². The van der Waals surface area contributed by atoms with Gasteiger partial charge in [-0.1, -0.05) is 12.1 Å². The van der Waals surface area contributed by atoms with Crippen LogP contribution in [-0.4, -0.2) is 35.2 Å². The van der Waals surface area contributed by atoms with Crippen molar-refractivity contribution in [2.24, 2.45) is 0 Å². The van der Waals surface area contributed by atoms with E-state index < -0.39 is 27.0 Å². The summed E-state index contributed by atoms with van der Waals surface area (Å²) in [5, 5.41) is 9.68. The number of anilines is 1. The maximum Gasteiger partial charge on any atom is 0.491 e.